The summed E-state index contributed by atoms with van der Waals surface area (Å²) in [5, 5.41) is 10.3. The minimum Gasteiger partial charge on any atom is -0.493 e. The van der Waals surface area contributed by atoms with Crippen molar-refractivity contribution in [3.8, 4) is 17.1 Å². The molecule has 0 radical (unpaired) electrons. The third kappa shape index (κ3) is 1.55. The molecule has 0 atom stereocenters. The summed E-state index contributed by atoms with van der Waals surface area (Å²) in [5.41, 5.74) is 8.98. The average molecular weight is 241 g/mol. The summed E-state index contributed by atoms with van der Waals surface area (Å²) in [6, 6.07) is 1.60. The van der Waals surface area contributed by atoms with Gasteiger partial charge in [0.15, 0.2) is 0 Å². The van der Waals surface area contributed by atoms with Crippen molar-refractivity contribution >= 4 is 16.9 Å². The maximum atomic E-state index is 9.46. The topological polar surface area (TPSA) is 101 Å². The highest BCUT2D eigenvalue weighted by molar-refractivity contribution is 5.95. The highest BCUT2D eigenvalue weighted by atomic mass is 16.3. The Morgan fingerprint density at radius 3 is 2.94 bits per heavy atom. The second kappa shape index (κ2) is 3.69. The van der Waals surface area contributed by atoms with Gasteiger partial charge in [0, 0.05) is 29.4 Å². The quantitative estimate of drug-likeness (QED) is 0.601. The number of anilines is 1. The second-order valence-electron chi connectivity index (χ2n) is 4.05. The fourth-order valence-electron chi connectivity index (χ4n) is 1.93. The van der Waals surface area contributed by atoms with E-state index >= 15 is 0 Å². The summed E-state index contributed by atoms with van der Waals surface area (Å²) in [5.74, 6) is 0.200. The predicted octanol–water partition coefficient (Wildman–Crippen LogP) is 1.62. The summed E-state index contributed by atoms with van der Waals surface area (Å²) < 4.78 is 0. The molecule has 0 aromatic carbocycles. The Labute approximate surface area is 103 Å². The van der Waals surface area contributed by atoms with Gasteiger partial charge in [-0.25, -0.2) is 15.0 Å². The largest absolute Gasteiger partial charge is 0.493 e. The number of nitrogen functional groups attached to an aromatic ring is 1. The van der Waals surface area contributed by atoms with Crippen molar-refractivity contribution in [1.82, 2.24) is 19.9 Å². The molecule has 4 N–H and O–H groups in total. The number of aromatic hydroxyl groups is 1. The number of H-pyrrole nitrogens is 1. The van der Waals surface area contributed by atoms with Crippen molar-refractivity contribution < 1.29 is 5.11 Å². The molecule has 0 aliphatic carbocycles. The van der Waals surface area contributed by atoms with Crippen LogP contribution >= 0.6 is 0 Å². The molecular formula is C12H11N5O. The number of nitrogens with zero attached hydrogens (tertiary/aromatic N) is 3. The van der Waals surface area contributed by atoms with Gasteiger partial charge in [-0.15, -0.1) is 0 Å². The van der Waals surface area contributed by atoms with Crippen molar-refractivity contribution in [2.45, 2.75) is 6.92 Å². The van der Waals surface area contributed by atoms with Crippen LogP contribution in [0.25, 0.3) is 22.2 Å². The van der Waals surface area contributed by atoms with Crippen LogP contribution in [0.1, 0.15) is 5.56 Å². The molecule has 18 heavy (non-hydrogen) atoms. The Morgan fingerprint density at radius 2 is 2.11 bits per heavy atom. The molecule has 0 saturated heterocycles. The third-order valence-electron chi connectivity index (χ3n) is 2.80. The number of aryl methyl sites for hydroxylation is 1. The first-order chi connectivity index (χ1) is 8.65. The summed E-state index contributed by atoms with van der Waals surface area (Å²) in [4.78, 5) is 15.1. The minimum absolute atomic E-state index is 0.0250. The summed E-state index contributed by atoms with van der Waals surface area (Å²) >= 11 is 0. The van der Waals surface area contributed by atoms with Crippen molar-refractivity contribution in [2.24, 2.45) is 0 Å². The van der Waals surface area contributed by atoms with Gasteiger partial charge in [0.2, 0.25) is 11.8 Å². The van der Waals surface area contributed by atoms with Crippen molar-refractivity contribution in [3.63, 3.8) is 0 Å². The number of hydrogen-bond donors (Lipinski definition) is 3. The van der Waals surface area contributed by atoms with E-state index in [0.29, 0.717) is 0 Å². The lowest BCUT2D eigenvalue weighted by Gasteiger charge is -2.04. The van der Waals surface area contributed by atoms with Gasteiger partial charge in [-0.05, 0) is 12.5 Å². The van der Waals surface area contributed by atoms with Gasteiger partial charge in [-0.3, -0.25) is 0 Å². The van der Waals surface area contributed by atoms with Crippen LogP contribution in [0.5, 0.6) is 5.88 Å². The molecule has 90 valence electrons. The number of nitrogens with one attached hydrogen (secondary N) is 1. The zero-order valence-electron chi connectivity index (χ0n) is 9.68. The monoisotopic (exact) mass is 241 g/mol. The number of aromatic nitrogens is 4. The molecule has 3 aromatic heterocycles. The van der Waals surface area contributed by atoms with E-state index in [0.717, 1.165) is 27.7 Å². The molecular weight excluding hydrogens is 230 g/mol. The third-order valence-corrected chi connectivity index (χ3v) is 2.80. The predicted molar refractivity (Wildman–Crippen MR) is 67.9 cm³/mol. The second-order valence-corrected chi connectivity index (χ2v) is 4.05. The fourth-order valence-corrected chi connectivity index (χ4v) is 1.93. The summed E-state index contributed by atoms with van der Waals surface area (Å²) in [7, 11) is 0. The van der Waals surface area contributed by atoms with Crippen LogP contribution in [0.2, 0.25) is 0 Å². The lowest BCUT2D eigenvalue weighted by Crippen LogP contribution is -1.97. The van der Waals surface area contributed by atoms with Crippen molar-refractivity contribution in [1.29, 1.82) is 0 Å². The molecule has 6 nitrogen and oxygen atoms in total. The molecule has 0 aliphatic rings. The molecule has 0 saturated carbocycles. The fraction of sp³-hybridized carbons (Fsp3) is 0.0833. The first kappa shape index (κ1) is 10.5. The smallest absolute Gasteiger partial charge is 0.220 e. The SMILES string of the molecule is Cc1cnc(N)nc1-c1c[nH]c2cnc(O)cc12. The zero-order valence-corrected chi connectivity index (χ0v) is 9.68. The maximum Gasteiger partial charge on any atom is 0.220 e. The Hall–Kier alpha value is -2.63. The molecule has 0 fully saturated rings. The van der Waals surface area contributed by atoms with E-state index in [2.05, 4.69) is 19.9 Å². The van der Waals surface area contributed by atoms with Gasteiger partial charge in [0.25, 0.3) is 0 Å². The minimum atomic E-state index is -0.0250. The number of rotatable bonds is 1. The van der Waals surface area contributed by atoms with E-state index < -0.39 is 0 Å². The lowest BCUT2D eigenvalue weighted by atomic mass is 10.1. The summed E-state index contributed by atoms with van der Waals surface area (Å²) in [6.07, 6.45) is 5.08. The lowest BCUT2D eigenvalue weighted by molar-refractivity contribution is 0.454. The van der Waals surface area contributed by atoms with Gasteiger partial charge in [0.05, 0.1) is 17.4 Å². The van der Waals surface area contributed by atoms with E-state index in [4.69, 9.17) is 5.73 Å². The standard InChI is InChI=1S/C12H11N5O/c1-6-3-16-12(13)17-11(6)8-4-14-9-5-15-10(18)2-7(8)9/h2-5,14H,1H3,(H,15,18)(H2,13,16,17). The number of aromatic amines is 1. The van der Waals surface area contributed by atoms with Crippen LogP contribution in [0, 0.1) is 6.92 Å². The highest BCUT2D eigenvalue weighted by Crippen LogP contribution is 2.30. The van der Waals surface area contributed by atoms with Gasteiger partial charge in [0.1, 0.15) is 0 Å². The molecule has 3 heterocycles. The van der Waals surface area contributed by atoms with E-state index in [1.165, 1.54) is 0 Å². The Morgan fingerprint density at radius 1 is 1.28 bits per heavy atom. The number of pyridine rings is 1. The zero-order chi connectivity index (χ0) is 12.7. The van der Waals surface area contributed by atoms with Crippen LogP contribution in [0.4, 0.5) is 5.95 Å². The molecule has 3 rings (SSSR count). The molecule has 0 bridgehead atoms. The van der Waals surface area contributed by atoms with Crippen molar-refractivity contribution in [3.05, 3.63) is 30.2 Å². The Kier molecular flexibility index (Phi) is 2.16. The first-order valence-electron chi connectivity index (χ1n) is 5.41. The Bertz CT molecular complexity index is 734. The van der Waals surface area contributed by atoms with E-state index in [1.807, 2.05) is 13.1 Å². The Balaban J connectivity index is 2.31. The molecule has 0 spiro atoms. The first-order valence-corrected chi connectivity index (χ1v) is 5.41. The van der Waals surface area contributed by atoms with Crippen LogP contribution in [0.15, 0.2) is 24.7 Å². The number of nitrogens with two attached hydrogens (primary N) is 1. The van der Waals surface area contributed by atoms with Crippen LogP contribution in [-0.4, -0.2) is 25.0 Å². The van der Waals surface area contributed by atoms with Gasteiger partial charge in [-0.2, -0.15) is 0 Å². The van der Waals surface area contributed by atoms with E-state index in [-0.39, 0.29) is 11.8 Å². The summed E-state index contributed by atoms with van der Waals surface area (Å²) in [6.45, 7) is 1.91. The molecule has 6 heteroatoms. The highest BCUT2D eigenvalue weighted by Gasteiger charge is 2.11. The van der Waals surface area contributed by atoms with Crippen LogP contribution in [0.3, 0.4) is 0 Å². The average Bonchev–Trinajstić information content (AvgIpc) is 2.75. The maximum absolute atomic E-state index is 9.46. The molecule has 0 amide bonds. The van der Waals surface area contributed by atoms with Gasteiger partial charge >= 0.3 is 0 Å². The number of hydrogen-bond acceptors (Lipinski definition) is 5. The normalized spacial score (nSPS) is 10.9. The van der Waals surface area contributed by atoms with Crippen LogP contribution < -0.4 is 5.73 Å². The van der Waals surface area contributed by atoms with Gasteiger partial charge < -0.3 is 15.8 Å². The molecule has 0 aliphatic heterocycles. The molecule has 0 unspecified atom stereocenters. The van der Waals surface area contributed by atoms with Crippen LogP contribution in [-0.2, 0) is 0 Å². The van der Waals surface area contributed by atoms with E-state index in [1.54, 1.807) is 18.5 Å². The van der Waals surface area contributed by atoms with E-state index in [9.17, 15) is 5.11 Å². The number of fused-ring (bicyclic) bond motifs is 1. The van der Waals surface area contributed by atoms with Gasteiger partial charge in [-0.1, -0.05) is 0 Å². The molecule has 3 aromatic rings. The van der Waals surface area contributed by atoms with Crippen molar-refractivity contribution in [2.75, 3.05) is 5.73 Å².